The highest BCUT2D eigenvalue weighted by Crippen LogP contribution is 2.27. The van der Waals surface area contributed by atoms with Gasteiger partial charge < -0.3 is 5.32 Å². The van der Waals surface area contributed by atoms with E-state index >= 15 is 0 Å². The summed E-state index contributed by atoms with van der Waals surface area (Å²) in [6, 6.07) is 8.32. The highest BCUT2D eigenvalue weighted by atomic mass is 32.2. The largest absolute Gasteiger partial charge is 0.321 e. The van der Waals surface area contributed by atoms with Crippen LogP contribution in [-0.2, 0) is 10.0 Å². The minimum atomic E-state index is -3.50. The van der Waals surface area contributed by atoms with Crippen molar-refractivity contribution in [2.24, 2.45) is 11.8 Å². The molecular formula is C19H24N2O3S2. The first-order valence-electron chi connectivity index (χ1n) is 8.73. The van der Waals surface area contributed by atoms with Gasteiger partial charge in [-0.25, -0.2) is 8.42 Å². The molecule has 0 spiro atoms. The van der Waals surface area contributed by atoms with Crippen molar-refractivity contribution >= 4 is 33.0 Å². The standard InChI is InChI=1S/C19H24N2O3S2/c1-13-10-14(2)12-21(11-13)26(23,24)17-6-4-16(5-7-17)20-19(22)18-15(3)8-9-25-18/h4-9,13-14H,10-12H2,1-3H3,(H,20,22)/t13-,14-/m0/s1. The van der Waals surface area contributed by atoms with E-state index in [0.29, 0.717) is 35.5 Å². The van der Waals surface area contributed by atoms with Crippen molar-refractivity contribution in [2.45, 2.75) is 32.1 Å². The van der Waals surface area contributed by atoms with E-state index in [1.165, 1.54) is 11.3 Å². The Morgan fingerprint density at radius 1 is 1.12 bits per heavy atom. The van der Waals surface area contributed by atoms with Crippen molar-refractivity contribution in [1.29, 1.82) is 0 Å². The summed E-state index contributed by atoms with van der Waals surface area (Å²) in [6.45, 7) is 7.18. The lowest BCUT2D eigenvalue weighted by molar-refractivity contribution is 0.103. The van der Waals surface area contributed by atoms with Crippen LogP contribution in [0.1, 0.15) is 35.5 Å². The third kappa shape index (κ3) is 4.00. The first-order valence-corrected chi connectivity index (χ1v) is 11.0. The van der Waals surface area contributed by atoms with Crippen molar-refractivity contribution in [2.75, 3.05) is 18.4 Å². The van der Waals surface area contributed by atoms with Crippen LogP contribution in [0.15, 0.2) is 40.6 Å². The number of thiophene rings is 1. The van der Waals surface area contributed by atoms with Crippen LogP contribution in [0.4, 0.5) is 5.69 Å². The van der Waals surface area contributed by atoms with Gasteiger partial charge in [-0.1, -0.05) is 13.8 Å². The zero-order valence-corrected chi connectivity index (χ0v) is 16.9. The van der Waals surface area contributed by atoms with Crippen LogP contribution in [0, 0.1) is 18.8 Å². The molecule has 0 saturated carbocycles. The topological polar surface area (TPSA) is 66.5 Å². The summed E-state index contributed by atoms with van der Waals surface area (Å²) >= 11 is 1.39. The van der Waals surface area contributed by atoms with Crippen molar-refractivity contribution < 1.29 is 13.2 Å². The van der Waals surface area contributed by atoms with Crippen molar-refractivity contribution in [3.05, 3.63) is 46.2 Å². The minimum absolute atomic E-state index is 0.174. The molecule has 3 rings (SSSR count). The second-order valence-electron chi connectivity index (χ2n) is 7.18. The fourth-order valence-corrected chi connectivity index (χ4v) is 5.95. The van der Waals surface area contributed by atoms with Crippen LogP contribution in [0.5, 0.6) is 0 Å². The Kier molecular flexibility index (Phi) is 5.50. The van der Waals surface area contributed by atoms with E-state index in [0.717, 1.165) is 12.0 Å². The van der Waals surface area contributed by atoms with Crippen molar-refractivity contribution in [3.63, 3.8) is 0 Å². The van der Waals surface area contributed by atoms with Crippen LogP contribution in [0.3, 0.4) is 0 Å². The lowest BCUT2D eigenvalue weighted by atomic mass is 9.94. The molecule has 26 heavy (non-hydrogen) atoms. The number of amides is 1. The van der Waals surface area contributed by atoms with Crippen molar-refractivity contribution in [1.82, 2.24) is 4.31 Å². The predicted octanol–water partition coefficient (Wildman–Crippen LogP) is 3.98. The van der Waals surface area contributed by atoms with E-state index in [-0.39, 0.29) is 10.8 Å². The quantitative estimate of drug-likeness (QED) is 0.856. The minimum Gasteiger partial charge on any atom is -0.321 e. The number of benzene rings is 1. The van der Waals surface area contributed by atoms with Gasteiger partial charge in [0.1, 0.15) is 0 Å². The summed E-state index contributed by atoms with van der Waals surface area (Å²) in [7, 11) is -3.50. The first kappa shape index (κ1) is 19.1. The molecule has 0 radical (unpaired) electrons. The molecular weight excluding hydrogens is 368 g/mol. The van der Waals surface area contributed by atoms with Crippen LogP contribution in [0.2, 0.25) is 0 Å². The summed E-state index contributed by atoms with van der Waals surface area (Å²) < 4.78 is 27.3. The van der Waals surface area contributed by atoms with Crippen LogP contribution < -0.4 is 5.32 Å². The molecule has 1 aromatic carbocycles. The van der Waals surface area contributed by atoms with Crippen molar-refractivity contribution in [3.8, 4) is 0 Å². The average molecular weight is 393 g/mol. The zero-order valence-electron chi connectivity index (χ0n) is 15.2. The molecule has 2 atom stereocenters. The summed E-state index contributed by atoms with van der Waals surface area (Å²) in [4.78, 5) is 13.2. The maximum Gasteiger partial charge on any atom is 0.265 e. The SMILES string of the molecule is Cc1ccsc1C(=O)Nc1ccc(S(=O)(=O)N2C[C@@H](C)C[C@H](C)C2)cc1. The molecule has 0 unspecified atom stereocenters. The van der Waals surface area contributed by atoms with Gasteiger partial charge in [0, 0.05) is 18.8 Å². The molecule has 2 aromatic rings. The summed E-state index contributed by atoms with van der Waals surface area (Å²) in [5, 5.41) is 4.70. The maximum absolute atomic E-state index is 12.9. The second-order valence-corrected chi connectivity index (χ2v) is 10.0. The average Bonchev–Trinajstić information content (AvgIpc) is 3.00. The van der Waals surface area contributed by atoms with E-state index in [1.54, 1.807) is 28.6 Å². The fraction of sp³-hybridized carbons (Fsp3) is 0.421. The normalized spacial score (nSPS) is 21.5. The second kappa shape index (κ2) is 7.50. The molecule has 1 amide bonds. The number of hydrogen-bond acceptors (Lipinski definition) is 4. The number of hydrogen-bond donors (Lipinski definition) is 1. The molecule has 7 heteroatoms. The summed E-state index contributed by atoms with van der Waals surface area (Å²) in [6.07, 6.45) is 1.05. The molecule has 1 fully saturated rings. The number of nitrogens with zero attached hydrogens (tertiary/aromatic N) is 1. The number of rotatable bonds is 4. The Hall–Kier alpha value is -1.70. The fourth-order valence-electron chi connectivity index (χ4n) is 3.45. The van der Waals surface area contributed by atoms with Crippen LogP contribution in [-0.4, -0.2) is 31.7 Å². The number of carbonyl (C=O) groups is 1. The number of aryl methyl sites for hydroxylation is 1. The molecule has 0 bridgehead atoms. The molecule has 1 aliphatic heterocycles. The van der Waals surface area contributed by atoms with Gasteiger partial charge in [-0.2, -0.15) is 4.31 Å². The Bertz CT molecular complexity index is 878. The van der Waals surface area contributed by atoms with Gasteiger partial charge in [0.2, 0.25) is 10.0 Å². The molecule has 1 N–H and O–H groups in total. The van der Waals surface area contributed by atoms with Gasteiger partial charge in [-0.05, 0) is 66.5 Å². The molecule has 1 aliphatic rings. The first-order chi connectivity index (χ1) is 12.3. The smallest absolute Gasteiger partial charge is 0.265 e. The monoisotopic (exact) mass is 392 g/mol. The van der Waals surface area contributed by atoms with Gasteiger partial charge in [0.25, 0.3) is 5.91 Å². The van der Waals surface area contributed by atoms with Crippen LogP contribution >= 0.6 is 11.3 Å². The molecule has 5 nitrogen and oxygen atoms in total. The summed E-state index contributed by atoms with van der Waals surface area (Å²) in [5.74, 6) is 0.550. The van der Waals surface area contributed by atoms with E-state index < -0.39 is 10.0 Å². The predicted molar refractivity (Wildman–Crippen MR) is 105 cm³/mol. The highest BCUT2D eigenvalue weighted by molar-refractivity contribution is 7.89. The number of anilines is 1. The Morgan fingerprint density at radius 3 is 2.27 bits per heavy atom. The molecule has 1 aromatic heterocycles. The van der Waals surface area contributed by atoms with E-state index in [2.05, 4.69) is 19.2 Å². The molecule has 140 valence electrons. The molecule has 0 aliphatic carbocycles. The Balaban J connectivity index is 1.74. The van der Waals surface area contributed by atoms with Gasteiger partial charge in [-0.3, -0.25) is 4.79 Å². The van der Waals surface area contributed by atoms with E-state index in [9.17, 15) is 13.2 Å². The number of piperidine rings is 1. The zero-order chi connectivity index (χ0) is 18.9. The van der Waals surface area contributed by atoms with Gasteiger partial charge in [0.05, 0.1) is 9.77 Å². The van der Waals surface area contributed by atoms with E-state index in [4.69, 9.17) is 0 Å². The Morgan fingerprint density at radius 2 is 1.73 bits per heavy atom. The van der Waals surface area contributed by atoms with Gasteiger partial charge in [0.15, 0.2) is 0 Å². The highest BCUT2D eigenvalue weighted by Gasteiger charge is 2.31. The van der Waals surface area contributed by atoms with Crippen LogP contribution in [0.25, 0.3) is 0 Å². The third-order valence-corrected chi connectivity index (χ3v) is 7.51. The third-order valence-electron chi connectivity index (χ3n) is 4.65. The van der Waals surface area contributed by atoms with Gasteiger partial charge >= 0.3 is 0 Å². The molecule has 2 heterocycles. The van der Waals surface area contributed by atoms with Gasteiger partial charge in [-0.15, -0.1) is 11.3 Å². The lowest BCUT2D eigenvalue weighted by Crippen LogP contribution is -2.42. The maximum atomic E-state index is 12.9. The molecule has 1 saturated heterocycles. The number of sulfonamides is 1. The Labute approximate surface area is 159 Å². The van der Waals surface area contributed by atoms with E-state index in [1.807, 2.05) is 18.4 Å². The number of nitrogens with one attached hydrogen (secondary N) is 1. The number of carbonyl (C=O) groups excluding carboxylic acids is 1. The lowest BCUT2D eigenvalue weighted by Gasteiger charge is -2.34. The summed E-state index contributed by atoms with van der Waals surface area (Å²) in [5.41, 5.74) is 1.52.